The predicted molar refractivity (Wildman–Crippen MR) is 158 cm³/mol. The van der Waals surface area contributed by atoms with Gasteiger partial charge >= 0.3 is 6.01 Å². The minimum absolute atomic E-state index is 0.0115. The number of aryl methyl sites for hydroxylation is 1. The van der Waals surface area contributed by atoms with Gasteiger partial charge in [0.2, 0.25) is 0 Å². The zero-order chi connectivity index (χ0) is 28.1. The summed E-state index contributed by atoms with van der Waals surface area (Å²) in [4.78, 5) is 18.7. The van der Waals surface area contributed by atoms with Crippen LogP contribution in [0.4, 0.5) is 10.2 Å². The van der Waals surface area contributed by atoms with Crippen LogP contribution in [0.3, 0.4) is 0 Å². The molecule has 9 nitrogen and oxygen atoms in total. The molecule has 3 saturated heterocycles. The minimum Gasteiger partial charge on any atom is -0.461 e. The number of benzene rings is 1. The third-order valence-corrected chi connectivity index (χ3v) is 9.18. The normalized spacial score (nSPS) is 21.0. The maximum atomic E-state index is 16.8. The second kappa shape index (κ2) is 10.3. The van der Waals surface area contributed by atoms with E-state index >= 15 is 4.39 Å². The Morgan fingerprint density at radius 2 is 1.98 bits per heavy atom. The lowest BCUT2D eigenvalue weighted by Crippen LogP contribution is -2.43. The number of ether oxygens (including phenoxy) is 1. The van der Waals surface area contributed by atoms with E-state index in [1.54, 1.807) is 12.4 Å². The number of fused-ring (bicyclic) bond motifs is 3. The van der Waals surface area contributed by atoms with Crippen LogP contribution in [-0.4, -0.2) is 79.6 Å². The number of nitrogens with zero attached hydrogens (tertiary/aromatic N) is 6. The first-order valence-corrected chi connectivity index (χ1v) is 14.7. The van der Waals surface area contributed by atoms with Gasteiger partial charge in [0.05, 0.1) is 28.7 Å². The molecule has 0 amide bonds. The largest absolute Gasteiger partial charge is 0.461 e. The highest BCUT2D eigenvalue weighted by atomic mass is 19.1. The number of nitrogens with one attached hydrogen (secondary N) is 1. The Morgan fingerprint density at radius 1 is 1.15 bits per heavy atom. The molecule has 0 saturated carbocycles. The molecular weight excluding hydrogens is 521 g/mol. The fraction of sp³-hybridized carbons (Fsp3) is 0.484. The maximum Gasteiger partial charge on any atom is 0.319 e. The number of piperidine rings is 1. The molecule has 41 heavy (non-hydrogen) atoms. The lowest BCUT2D eigenvalue weighted by Gasteiger charge is -2.33. The van der Waals surface area contributed by atoms with Crippen LogP contribution in [0.1, 0.15) is 56.6 Å². The predicted octanol–water partition coefficient (Wildman–Crippen LogP) is 5.02. The minimum atomic E-state index is -0.520. The van der Waals surface area contributed by atoms with Crippen molar-refractivity contribution >= 4 is 33.7 Å². The summed E-state index contributed by atoms with van der Waals surface area (Å²) in [6.45, 7) is 7.75. The average Bonchev–Trinajstić information content (AvgIpc) is 3.69. The van der Waals surface area contributed by atoms with E-state index in [-0.39, 0.29) is 22.8 Å². The summed E-state index contributed by atoms with van der Waals surface area (Å²) in [5.74, 6) is 0.0363. The lowest BCUT2D eigenvalue weighted by molar-refractivity contribution is 0.107. The molecule has 7 rings (SSSR count). The van der Waals surface area contributed by atoms with Crippen LogP contribution < -0.4 is 9.64 Å². The molecular formula is C31H36FN7O2. The Labute approximate surface area is 238 Å². The third kappa shape index (κ3) is 4.44. The van der Waals surface area contributed by atoms with Crippen molar-refractivity contribution in [1.82, 2.24) is 30.0 Å². The molecule has 3 aliphatic heterocycles. The van der Waals surface area contributed by atoms with E-state index in [1.165, 1.54) is 0 Å². The van der Waals surface area contributed by atoms with Crippen LogP contribution in [-0.2, 0) is 0 Å². The van der Waals surface area contributed by atoms with E-state index in [0.29, 0.717) is 36.5 Å². The van der Waals surface area contributed by atoms with E-state index in [2.05, 4.69) is 25.1 Å². The van der Waals surface area contributed by atoms with Gasteiger partial charge in [-0.15, -0.1) is 0 Å². The fourth-order valence-corrected chi connectivity index (χ4v) is 7.19. The number of aliphatic hydroxyl groups is 1. The van der Waals surface area contributed by atoms with Gasteiger partial charge in [-0.2, -0.15) is 15.1 Å². The Morgan fingerprint density at radius 3 is 2.76 bits per heavy atom. The zero-order valence-electron chi connectivity index (χ0n) is 23.7. The van der Waals surface area contributed by atoms with Gasteiger partial charge in [-0.3, -0.25) is 15.0 Å². The molecule has 4 aromatic rings. The van der Waals surface area contributed by atoms with Crippen LogP contribution in [0.5, 0.6) is 6.01 Å². The van der Waals surface area contributed by atoms with E-state index in [0.717, 1.165) is 73.6 Å². The summed E-state index contributed by atoms with van der Waals surface area (Å²) in [6.07, 6.45) is 12.9. The van der Waals surface area contributed by atoms with Gasteiger partial charge in [0.1, 0.15) is 23.6 Å². The second-order valence-corrected chi connectivity index (χ2v) is 11.8. The standard InChI is InChI=1S/C31H36FN7O2/c1-3-7-21-19(2)14-24-22(16-34-37-24)25(21)28-26(32)27-23(15-33-28)29(38-11-4-8-20(40)17-38)36-30(35-27)41-18-31-9-5-12-39(31)13-6-10-31/h3,7,14-16,20,40H,4-6,8-13,17-18H2,1-2H3,(H,34,37)/b7-3+. The Hall–Kier alpha value is -3.63. The van der Waals surface area contributed by atoms with Crippen LogP contribution in [0.25, 0.3) is 39.1 Å². The monoisotopic (exact) mass is 557 g/mol. The van der Waals surface area contributed by atoms with Crippen molar-refractivity contribution in [2.45, 2.75) is 64.0 Å². The van der Waals surface area contributed by atoms with Crippen molar-refractivity contribution in [3.05, 3.63) is 41.5 Å². The Balaban J connectivity index is 1.38. The number of aromatic amines is 1. The van der Waals surface area contributed by atoms with Gasteiger partial charge in [0.25, 0.3) is 0 Å². The molecule has 1 aromatic carbocycles. The molecule has 1 unspecified atom stereocenters. The summed E-state index contributed by atoms with van der Waals surface area (Å²) in [5, 5.41) is 19.0. The number of anilines is 1. The lowest BCUT2D eigenvalue weighted by atomic mass is 9.94. The number of H-pyrrole nitrogens is 1. The number of aromatic nitrogens is 5. The molecule has 0 spiro atoms. The number of rotatable bonds is 6. The smallest absolute Gasteiger partial charge is 0.319 e. The van der Waals surface area contributed by atoms with Gasteiger partial charge in [-0.1, -0.05) is 12.2 Å². The van der Waals surface area contributed by atoms with E-state index in [4.69, 9.17) is 9.72 Å². The fourth-order valence-electron chi connectivity index (χ4n) is 7.19. The summed E-state index contributed by atoms with van der Waals surface area (Å²) in [5.41, 5.74) is 3.77. The van der Waals surface area contributed by atoms with Crippen LogP contribution in [0.2, 0.25) is 0 Å². The van der Waals surface area contributed by atoms with Crippen LogP contribution in [0.15, 0.2) is 24.5 Å². The highest BCUT2D eigenvalue weighted by Crippen LogP contribution is 2.41. The summed E-state index contributed by atoms with van der Waals surface area (Å²) in [7, 11) is 0. The van der Waals surface area contributed by atoms with Gasteiger partial charge in [-0.25, -0.2) is 4.39 Å². The average molecular weight is 558 g/mol. The molecule has 10 heteroatoms. The number of β-amino-alcohol motifs (C(OH)–C–C–N with tert-alkyl or cyclic N) is 1. The molecule has 0 bridgehead atoms. The summed E-state index contributed by atoms with van der Waals surface area (Å²) in [6, 6.07) is 2.19. The maximum absolute atomic E-state index is 16.8. The van der Waals surface area contributed by atoms with Crippen LogP contribution >= 0.6 is 0 Å². The van der Waals surface area contributed by atoms with E-state index in [9.17, 15) is 5.11 Å². The second-order valence-electron chi connectivity index (χ2n) is 11.8. The quantitative estimate of drug-likeness (QED) is 0.341. The third-order valence-electron chi connectivity index (χ3n) is 9.18. The summed E-state index contributed by atoms with van der Waals surface area (Å²) < 4.78 is 23.1. The van der Waals surface area contributed by atoms with E-state index < -0.39 is 11.9 Å². The first-order chi connectivity index (χ1) is 20.0. The molecule has 3 fully saturated rings. The van der Waals surface area contributed by atoms with Crippen molar-refractivity contribution in [1.29, 1.82) is 0 Å². The van der Waals surface area contributed by atoms with Gasteiger partial charge in [0, 0.05) is 30.2 Å². The molecule has 6 heterocycles. The molecule has 3 aliphatic rings. The first kappa shape index (κ1) is 26.3. The number of hydrogen-bond acceptors (Lipinski definition) is 8. The van der Waals surface area contributed by atoms with E-state index in [1.807, 2.05) is 37.0 Å². The zero-order valence-corrected chi connectivity index (χ0v) is 23.7. The molecule has 3 aromatic heterocycles. The van der Waals surface area contributed by atoms with Crippen LogP contribution in [0, 0.1) is 12.7 Å². The van der Waals surface area contributed by atoms with Crippen molar-refractivity contribution in [2.24, 2.45) is 0 Å². The highest BCUT2D eigenvalue weighted by Gasteiger charge is 2.45. The first-order valence-electron chi connectivity index (χ1n) is 14.7. The molecule has 1 atom stereocenters. The van der Waals surface area contributed by atoms with Gasteiger partial charge in [0.15, 0.2) is 5.82 Å². The SMILES string of the molecule is C/C=C/c1c(C)cc2[nH]ncc2c1-c1ncc2c(N3CCCC(O)C3)nc(OCC34CCCN3CCC4)nc2c1F. The topological polar surface area (TPSA) is 103 Å². The highest BCUT2D eigenvalue weighted by molar-refractivity contribution is 6.01. The van der Waals surface area contributed by atoms with Gasteiger partial charge < -0.3 is 14.7 Å². The summed E-state index contributed by atoms with van der Waals surface area (Å²) >= 11 is 0. The number of hydrogen-bond donors (Lipinski definition) is 2. The number of aliphatic hydroxyl groups excluding tert-OH is 1. The number of pyridine rings is 1. The Bertz CT molecular complexity index is 1640. The molecule has 2 N–H and O–H groups in total. The Kier molecular flexibility index (Phi) is 6.62. The van der Waals surface area contributed by atoms with Crippen molar-refractivity contribution < 1.29 is 14.2 Å². The number of allylic oxidation sites excluding steroid dienone is 1. The van der Waals surface area contributed by atoms with Crippen molar-refractivity contribution in [3.8, 4) is 17.3 Å². The van der Waals surface area contributed by atoms with Gasteiger partial charge in [-0.05, 0) is 82.7 Å². The number of halogens is 1. The molecule has 214 valence electrons. The van der Waals surface area contributed by atoms with Crippen molar-refractivity contribution in [2.75, 3.05) is 37.7 Å². The van der Waals surface area contributed by atoms with Crippen molar-refractivity contribution in [3.63, 3.8) is 0 Å². The molecule has 0 radical (unpaired) electrons. The molecule has 0 aliphatic carbocycles.